The normalized spacial score (nSPS) is 31.8. The van der Waals surface area contributed by atoms with Gasteiger partial charge in [-0.1, -0.05) is 81.4 Å². The summed E-state index contributed by atoms with van der Waals surface area (Å²) in [5.41, 5.74) is 2.27. The minimum atomic E-state index is -0.479. The molecule has 3 heterocycles. The van der Waals surface area contributed by atoms with Gasteiger partial charge < -0.3 is 19.3 Å². The second-order valence-electron chi connectivity index (χ2n) is 10.9. The van der Waals surface area contributed by atoms with E-state index in [1.54, 1.807) is 0 Å². The van der Waals surface area contributed by atoms with Crippen molar-refractivity contribution in [2.45, 2.75) is 51.6 Å². The number of likely N-dealkylation sites (tertiary alicyclic amines) is 2. The van der Waals surface area contributed by atoms with E-state index in [1.165, 1.54) is 11.1 Å². The largest absolute Gasteiger partial charge is 0.338 e. The molecule has 0 N–H and O–H groups in total. The lowest BCUT2D eigenvalue weighted by Gasteiger charge is -2.41. The number of ether oxygens (including phenoxy) is 2. The Hall–Kier alpha value is -2.05. The van der Waals surface area contributed by atoms with Crippen molar-refractivity contribution in [1.82, 2.24) is 9.80 Å². The molecule has 3 aliphatic rings. The molecule has 184 valence electrons. The van der Waals surface area contributed by atoms with Crippen LogP contribution in [0, 0.1) is 11.3 Å². The lowest BCUT2D eigenvalue weighted by atomic mass is 9.83. The van der Waals surface area contributed by atoms with Crippen LogP contribution in [-0.2, 0) is 14.3 Å². The van der Waals surface area contributed by atoms with E-state index < -0.39 is 5.79 Å². The van der Waals surface area contributed by atoms with Gasteiger partial charge in [0.05, 0.1) is 0 Å². The molecule has 5 heteroatoms. The summed E-state index contributed by atoms with van der Waals surface area (Å²) in [6, 6.07) is 21.0. The van der Waals surface area contributed by atoms with Crippen LogP contribution in [0.25, 0.3) is 0 Å². The molecule has 0 aliphatic carbocycles. The Balaban J connectivity index is 0.000000231. The average molecular weight is 465 g/mol. The summed E-state index contributed by atoms with van der Waals surface area (Å²) in [7, 11) is 4.23. The van der Waals surface area contributed by atoms with Crippen LogP contribution >= 0.6 is 0 Å². The second-order valence-corrected chi connectivity index (χ2v) is 10.9. The van der Waals surface area contributed by atoms with Crippen LogP contribution in [0.3, 0.4) is 0 Å². The highest BCUT2D eigenvalue weighted by Crippen LogP contribution is 2.52. The maximum absolute atomic E-state index is 11.2. The van der Waals surface area contributed by atoms with Gasteiger partial charge in [-0.2, -0.15) is 0 Å². The molecule has 0 amide bonds. The van der Waals surface area contributed by atoms with Crippen LogP contribution < -0.4 is 0 Å². The first kappa shape index (κ1) is 25.1. The fraction of sp³-hybridized carbons (Fsp3) is 0.552. The Labute approximate surface area is 205 Å². The fourth-order valence-corrected chi connectivity index (χ4v) is 5.47. The van der Waals surface area contributed by atoms with Gasteiger partial charge in [0.15, 0.2) is 5.79 Å². The van der Waals surface area contributed by atoms with Gasteiger partial charge in [0, 0.05) is 50.4 Å². The first-order valence-corrected chi connectivity index (χ1v) is 12.6. The molecule has 3 saturated heterocycles. The highest BCUT2D eigenvalue weighted by molar-refractivity contribution is 5.85. The molecule has 1 spiro atoms. The third-order valence-electron chi connectivity index (χ3n) is 7.50. The van der Waals surface area contributed by atoms with Crippen LogP contribution in [0.2, 0.25) is 0 Å². The van der Waals surface area contributed by atoms with E-state index in [0.717, 1.165) is 39.0 Å². The van der Waals surface area contributed by atoms with Crippen LogP contribution in [0.4, 0.5) is 0 Å². The lowest BCUT2D eigenvalue weighted by Crippen LogP contribution is -2.50. The molecule has 2 aromatic carbocycles. The van der Waals surface area contributed by atoms with Gasteiger partial charge in [-0.25, -0.2) is 0 Å². The molecule has 2 aromatic rings. The SMILES string of the molecule is CC1CN(C)CCC12OC(c1ccccc1)C(c1ccccc1)O2.CN1CCC(=O)C(C)(C)C1. The number of carbonyl (C=O) groups is 1. The summed E-state index contributed by atoms with van der Waals surface area (Å²) < 4.78 is 13.3. The molecule has 0 bridgehead atoms. The number of benzene rings is 2. The van der Waals surface area contributed by atoms with Crippen molar-refractivity contribution < 1.29 is 14.3 Å². The Morgan fingerprint density at radius 1 is 0.824 bits per heavy atom. The van der Waals surface area contributed by atoms with E-state index in [0.29, 0.717) is 11.7 Å². The number of rotatable bonds is 2. The number of carbonyl (C=O) groups excluding carboxylic acids is 1. The summed E-state index contributed by atoms with van der Waals surface area (Å²) in [6.45, 7) is 10.1. The molecule has 3 fully saturated rings. The van der Waals surface area contributed by atoms with Crippen molar-refractivity contribution in [3.63, 3.8) is 0 Å². The molecule has 3 aliphatic heterocycles. The van der Waals surface area contributed by atoms with Gasteiger partial charge in [0.1, 0.15) is 18.0 Å². The van der Waals surface area contributed by atoms with Crippen LogP contribution in [0.5, 0.6) is 0 Å². The van der Waals surface area contributed by atoms with Gasteiger partial charge in [-0.15, -0.1) is 0 Å². The summed E-state index contributed by atoms with van der Waals surface area (Å²) in [6.07, 6.45) is 1.53. The number of nitrogens with zero attached hydrogens (tertiary/aromatic N) is 2. The van der Waals surface area contributed by atoms with Gasteiger partial charge in [-0.05, 0) is 25.2 Å². The van der Waals surface area contributed by atoms with E-state index >= 15 is 0 Å². The summed E-state index contributed by atoms with van der Waals surface area (Å²) in [4.78, 5) is 15.8. The van der Waals surface area contributed by atoms with Crippen molar-refractivity contribution >= 4 is 5.78 Å². The molecule has 0 saturated carbocycles. The first-order valence-electron chi connectivity index (χ1n) is 12.6. The van der Waals surface area contributed by atoms with Crippen LogP contribution in [0.15, 0.2) is 60.7 Å². The second kappa shape index (κ2) is 10.3. The number of hydrogen-bond acceptors (Lipinski definition) is 5. The molecule has 5 nitrogen and oxygen atoms in total. The number of Topliss-reactive ketones (excluding diaryl/α,β-unsaturated/α-hetero) is 1. The highest BCUT2D eigenvalue weighted by atomic mass is 16.8. The van der Waals surface area contributed by atoms with Crippen LogP contribution in [-0.4, -0.2) is 61.6 Å². The van der Waals surface area contributed by atoms with E-state index in [1.807, 2.05) is 26.0 Å². The molecule has 3 unspecified atom stereocenters. The van der Waals surface area contributed by atoms with E-state index in [-0.39, 0.29) is 17.6 Å². The summed E-state index contributed by atoms with van der Waals surface area (Å²) >= 11 is 0. The van der Waals surface area contributed by atoms with E-state index in [4.69, 9.17) is 9.47 Å². The zero-order chi connectivity index (χ0) is 24.3. The predicted octanol–water partition coefficient (Wildman–Crippen LogP) is 5.10. The number of hydrogen-bond donors (Lipinski definition) is 0. The average Bonchev–Trinajstić information content (AvgIpc) is 3.22. The molecule has 34 heavy (non-hydrogen) atoms. The standard InChI is InChI=1S/C21H25NO2.C8H15NO/c1-16-15-22(2)14-13-21(16)23-19(17-9-5-3-6-10-17)20(24-21)18-11-7-4-8-12-18;1-8(2)6-9(3)5-4-7(8)10/h3-12,16,19-20H,13-15H2,1-2H3;4-6H2,1-3H3. The molecule has 0 radical (unpaired) electrons. The van der Waals surface area contributed by atoms with Crippen molar-refractivity contribution in [2.75, 3.05) is 40.3 Å². The Kier molecular flexibility index (Phi) is 7.58. The van der Waals surface area contributed by atoms with Crippen molar-refractivity contribution in [3.8, 4) is 0 Å². The van der Waals surface area contributed by atoms with E-state index in [9.17, 15) is 4.79 Å². The van der Waals surface area contributed by atoms with Crippen molar-refractivity contribution in [2.24, 2.45) is 11.3 Å². The zero-order valence-corrected chi connectivity index (χ0v) is 21.4. The van der Waals surface area contributed by atoms with Crippen LogP contribution in [0.1, 0.15) is 56.9 Å². The Morgan fingerprint density at radius 2 is 1.35 bits per heavy atom. The topological polar surface area (TPSA) is 42.0 Å². The molecular weight excluding hydrogens is 424 g/mol. The lowest BCUT2D eigenvalue weighted by molar-refractivity contribution is -0.231. The molecular formula is C29H40N2O3. The molecule has 0 aromatic heterocycles. The smallest absolute Gasteiger partial charge is 0.175 e. The third kappa shape index (κ3) is 5.44. The first-order chi connectivity index (χ1) is 16.2. The molecule has 5 rings (SSSR count). The van der Waals surface area contributed by atoms with Crippen molar-refractivity contribution in [3.05, 3.63) is 71.8 Å². The molecule has 3 atom stereocenters. The summed E-state index contributed by atoms with van der Waals surface area (Å²) in [5, 5.41) is 0. The highest BCUT2D eigenvalue weighted by Gasteiger charge is 2.53. The van der Waals surface area contributed by atoms with Crippen molar-refractivity contribution in [1.29, 1.82) is 0 Å². The minimum absolute atomic E-state index is 0.0561. The maximum atomic E-state index is 11.2. The van der Waals surface area contributed by atoms with E-state index in [2.05, 4.69) is 79.3 Å². The maximum Gasteiger partial charge on any atom is 0.175 e. The Morgan fingerprint density at radius 3 is 1.79 bits per heavy atom. The zero-order valence-electron chi connectivity index (χ0n) is 21.4. The predicted molar refractivity (Wildman–Crippen MR) is 135 cm³/mol. The van der Waals surface area contributed by atoms with Gasteiger partial charge in [-0.3, -0.25) is 4.79 Å². The van der Waals surface area contributed by atoms with Gasteiger partial charge >= 0.3 is 0 Å². The Bertz CT molecular complexity index is 899. The third-order valence-corrected chi connectivity index (χ3v) is 7.50. The number of ketones is 1. The fourth-order valence-electron chi connectivity index (χ4n) is 5.47. The summed E-state index contributed by atoms with van der Waals surface area (Å²) in [5.74, 6) is 0.273. The monoisotopic (exact) mass is 464 g/mol. The van der Waals surface area contributed by atoms with Gasteiger partial charge in [0.25, 0.3) is 0 Å². The number of piperidine rings is 2. The quantitative estimate of drug-likeness (QED) is 0.619. The van der Waals surface area contributed by atoms with Gasteiger partial charge in [0.2, 0.25) is 0 Å². The minimum Gasteiger partial charge on any atom is -0.338 e.